The van der Waals surface area contributed by atoms with Crippen molar-refractivity contribution in [2.45, 2.75) is 12.8 Å². The van der Waals surface area contributed by atoms with E-state index in [1.54, 1.807) is 17.0 Å². The van der Waals surface area contributed by atoms with Gasteiger partial charge in [-0.25, -0.2) is 4.39 Å². The summed E-state index contributed by atoms with van der Waals surface area (Å²) >= 11 is 11.9. The Bertz CT molecular complexity index is 891. The monoisotopic (exact) mass is 410 g/mol. The third-order valence-corrected chi connectivity index (χ3v) is 4.86. The Balaban J connectivity index is 2.03. The Labute approximate surface area is 166 Å². The number of rotatable bonds is 5. The minimum Gasteiger partial charge on any atom is -0.496 e. The number of carbonyl (C=O) groups excluding carboxylic acids is 2. The van der Waals surface area contributed by atoms with E-state index < -0.39 is 11.7 Å². The van der Waals surface area contributed by atoms with Gasteiger partial charge >= 0.3 is 0 Å². The van der Waals surface area contributed by atoms with Gasteiger partial charge in [0.2, 0.25) is 5.91 Å². The maximum atomic E-state index is 13.6. The normalized spacial score (nSPS) is 13.8. The molecule has 1 aliphatic rings. The first-order valence-corrected chi connectivity index (χ1v) is 9.04. The van der Waals surface area contributed by atoms with Gasteiger partial charge in [0, 0.05) is 23.7 Å². The quantitative estimate of drug-likeness (QED) is 0.735. The van der Waals surface area contributed by atoms with Crippen LogP contribution in [0, 0.1) is 5.82 Å². The van der Waals surface area contributed by atoms with Crippen LogP contribution in [-0.2, 0) is 4.79 Å². The van der Waals surface area contributed by atoms with Crippen molar-refractivity contribution >= 4 is 40.7 Å². The SMILES string of the molecule is COc1ccc(Cl)cc1C(=O)N(CN1CCCC1=O)c1ccc(F)c(Cl)c1. The average molecular weight is 411 g/mol. The van der Waals surface area contributed by atoms with Crippen LogP contribution in [0.15, 0.2) is 36.4 Å². The minimum absolute atomic E-state index is 0.0231. The van der Waals surface area contributed by atoms with Gasteiger partial charge in [-0.1, -0.05) is 23.2 Å². The van der Waals surface area contributed by atoms with Crippen LogP contribution in [0.1, 0.15) is 23.2 Å². The van der Waals surface area contributed by atoms with Crippen LogP contribution in [0.25, 0.3) is 0 Å². The van der Waals surface area contributed by atoms with E-state index in [4.69, 9.17) is 27.9 Å². The molecule has 0 spiro atoms. The highest BCUT2D eigenvalue weighted by atomic mass is 35.5. The number of nitrogens with zero attached hydrogens (tertiary/aromatic N) is 2. The number of carbonyl (C=O) groups is 2. The summed E-state index contributed by atoms with van der Waals surface area (Å²) < 4.78 is 18.9. The van der Waals surface area contributed by atoms with E-state index in [-0.39, 0.29) is 23.2 Å². The zero-order chi connectivity index (χ0) is 19.6. The third-order valence-electron chi connectivity index (χ3n) is 4.34. The standard InChI is InChI=1S/C19H17Cl2FN2O3/c1-27-17-7-4-12(20)9-14(17)19(26)24(11-23-8-2-3-18(23)25)13-5-6-16(22)15(21)10-13/h4-7,9-10H,2-3,8,11H2,1H3. The Morgan fingerprint density at radius 2 is 2.04 bits per heavy atom. The molecule has 0 N–H and O–H groups in total. The zero-order valence-corrected chi connectivity index (χ0v) is 16.1. The summed E-state index contributed by atoms with van der Waals surface area (Å²) in [6.07, 6.45) is 1.16. The van der Waals surface area contributed by atoms with Crippen LogP contribution in [0.4, 0.5) is 10.1 Å². The van der Waals surface area contributed by atoms with Gasteiger partial charge < -0.3 is 9.64 Å². The van der Waals surface area contributed by atoms with Gasteiger partial charge in [-0.15, -0.1) is 0 Å². The van der Waals surface area contributed by atoms with Crippen LogP contribution >= 0.6 is 23.2 Å². The maximum Gasteiger partial charge on any atom is 0.263 e. The topological polar surface area (TPSA) is 49.9 Å². The molecule has 2 amide bonds. The zero-order valence-electron chi connectivity index (χ0n) is 14.5. The molecule has 8 heteroatoms. The lowest BCUT2D eigenvalue weighted by Crippen LogP contribution is -2.42. The van der Waals surface area contributed by atoms with Gasteiger partial charge in [0.15, 0.2) is 0 Å². The molecule has 0 aromatic heterocycles. The second-order valence-corrected chi connectivity index (χ2v) is 6.92. The first kappa shape index (κ1) is 19.5. The van der Waals surface area contributed by atoms with E-state index in [9.17, 15) is 14.0 Å². The second-order valence-electron chi connectivity index (χ2n) is 6.08. The second kappa shape index (κ2) is 8.15. The fraction of sp³-hybridized carbons (Fsp3) is 0.263. The predicted octanol–water partition coefficient (Wildman–Crippen LogP) is 4.37. The molecule has 2 aromatic carbocycles. The molecule has 0 aliphatic carbocycles. The molecule has 0 atom stereocenters. The fourth-order valence-corrected chi connectivity index (χ4v) is 3.28. The van der Waals surface area contributed by atoms with E-state index in [2.05, 4.69) is 0 Å². The molecule has 5 nitrogen and oxygen atoms in total. The van der Waals surface area contributed by atoms with Crippen LogP contribution < -0.4 is 9.64 Å². The van der Waals surface area contributed by atoms with Crippen molar-refractivity contribution in [1.29, 1.82) is 0 Å². The molecule has 2 aromatic rings. The Kier molecular flexibility index (Phi) is 5.87. The summed E-state index contributed by atoms with van der Waals surface area (Å²) in [5, 5.41) is 0.254. The van der Waals surface area contributed by atoms with Gasteiger partial charge in [0.05, 0.1) is 17.7 Å². The highest BCUT2D eigenvalue weighted by Crippen LogP contribution is 2.29. The van der Waals surface area contributed by atoms with Gasteiger partial charge in [0.25, 0.3) is 5.91 Å². The third kappa shape index (κ3) is 4.17. The summed E-state index contributed by atoms with van der Waals surface area (Å²) in [6, 6.07) is 8.67. The summed E-state index contributed by atoms with van der Waals surface area (Å²) in [6.45, 7) is 0.569. The van der Waals surface area contributed by atoms with E-state index in [1.807, 2.05) is 0 Å². The van der Waals surface area contributed by atoms with Crippen molar-refractivity contribution < 1.29 is 18.7 Å². The number of amides is 2. The van der Waals surface area contributed by atoms with Crippen molar-refractivity contribution in [3.8, 4) is 5.75 Å². The molecular weight excluding hydrogens is 394 g/mol. The number of likely N-dealkylation sites (tertiary alicyclic amines) is 1. The van der Waals surface area contributed by atoms with Crippen molar-refractivity contribution in [3.63, 3.8) is 0 Å². The molecule has 1 fully saturated rings. The van der Waals surface area contributed by atoms with Crippen LogP contribution in [-0.4, -0.2) is 37.0 Å². The van der Waals surface area contributed by atoms with Crippen molar-refractivity contribution in [3.05, 3.63) is 57.8 Å². The van der Waals surface area contributed by atoms with Crippen LogP contribution in [0.3, 0.4) is 0 Å². The number of benzene rings is 2. The molecule has 1 aliphatic heterocycles. The molecule has 3 rings (SSSR count). The number of anilines is 1. The van der Waals surface area contributed by atoms with E-state index in [0.29, 0.717) is 29.4 Å². The number of hydrogen-bond donors (Lipinski definition) is 0. The molecule has 0 bridgehead atoms. The first-order chi connectivity index (χ1) is 12.9. The van der Waals surface area contributed by atoms with Crippen molar-refractivity contribution in [2.24, 2.45) is 0 Å². The van der Waals surface area contributed by atoms with Crippen LogP contribution in [0.2, 0.25) is 10.0 Å². The van der Waals surface area contributed by atoms with E-state index in [0.717, 1.165) is 6.42 Å². The van der Waals surface area contributed by atoms with Crippen LogP contribution in [0.5, 0.6) is 5.75 Å². The molecule has 0 saturated carbocycles. The van der Waals surface area contributed by atoms with Gasteiger partial charge in [-0.05, 0) is 42.8 Å². The Morgan fingerprint density at radius 3 is 2.67 bits per heavy atom. The Hall–Kier alpha value is -2.31. The summed E-state index contributed by atoms with van der Waals surface area (Å²) in [5.41, 5.74) is 0.602. The number of hydrogen-bond acceptors (Lipinski definition) is 3. The highest BCUT2D eigenvalue weighted by Gasteiger charge is 2.28. The average Bonchev–Trinajstić information content (AvgIpc) is 3.06. The smallest absolute Gasteiger partial charge is 0.263 e. The molecule has 1 heterocycles. The molecule has 1 saturated heterocycles. The van der Waals surface area contributed by atoms with Gasteiger partial charge in [0.1, 0.15) is 18.2 Å². The fourth-order valence-electron chi connectivity index (χ4n) is 2.93. The highest BCUT2D eigenvalue weighted by molar-refractivity contribution is 6.31. The Morgan fingerprint density at radius 1 is 1.26 bits per heavy atom. The minimum atomic E-state index is -0.592. The lowest BCUT2D eigenvalue weighted by molar-refractivity contribution is -0.127. The first-order valence-electron chi connectivity index (χ1n) is 8.29. The number of methoxy groups -OCH3 is 1. The predicted molar refractivity (Wildman–Crippen MR) is 102 cm³/mol. The largest absolute Gasteiger partial charge is 0.496 e. The summed E-state index contributed by atoms with van der Waals surface area (Å²) in [4.78, 5) is 28.3. The van der Waals surface area contributed by atoms with Crippen molar-refractivity contribution in [1.82, 2.24) is 4.90 Å². The molecule has 0 radical (unpaired) electrons. The molecule has 0 unspecified atom stereocenters. The van der Waals surface area contributed by atoms with Gasteiger partial charge in [-0.3, -0.25) is 14.5 Å². The number of ether oxygens (including phenoxy) is 1. The van der Waals surface area contributed by atoms with Gasteiger partial charge in [-0.2, -0.15) is 0 Å². The van der Waals surface area contributed by atoms with E-state index >= 15 is 0 Å². The summed E-state index contributed by atoms with van der Waals surface area (Å²) in [7, 11) is 1.45. The lowest BCUT2D eigenvalue weighted by Gasteiger charge is -2.28. The number of halogens is 3. The maximum absolute atomic E-state index is 13.6. The van der Waals surface area contributed by atoms with Crippen molar-refractivity contribution in [2.75, 3.05) is 25.2 Å². The molecule has 27 heavy (non-hydrogen) atoms. The van der Waals surface area contributed by atoms with E-state index in [1.165, 1.54) is 36.3 Å². The molecular formula is C19H17Cl2FN2O3. The molecule has 142 valence electrons. The summed E-state index contributed by atoms with van der Waals surface area (Å²) in [5.74, 6) is -0.725. The lowest BCUT2D eigenvalue weighted by atomic mass is 10.1.